The topological polar surface area (TPSA) is 45.6 Å². The number of hydrogen-bond donors (Lipinski definition) is 1. The average molecular weight is 367 g/mol. The third-order valence-electron chi connectivity index (χ3n) is 3.13. The van der Waals surface area contributed by atoms with Gasteiger partial charge in [0.1, 0.15) is 5.76 Å². The normalized spacial score (nSPS) is 23.2. The molecule has 1 aliphatic heterocycles. The molecule has 0 bridgehead atoms. The van der Waals surface area contributed by atoms with Gasteiger partial charge in [-0.25, -0.2) is 0 Å². The lowest BCUT2D eigenvalue weighted by Gasteiger charge is -2.39. The highest BCUT2D eigenvalue weighted by Gasteiger charge is 2.25. The molecule has 1 saturated heterocycles. The first-order chi connectivity index (χ1) is 8.10. The SMILES string of the molecule is CN1CCN(Cc2cc(Br)c(Br)o2)C(CN)C1. The Kier molecular flexibility index (Phi) is 4.65. The van der Waals surface area contributed by atoms with E-state index >= 15 is 0 Å². The molecule has 4 nitrogen and oxygen atoms in total. The Morgan fingerprint density at radius 2 is 2.24 bits per heavy atom. The fraction of sp³-hybridized carbons (Fsp3) is 0.636. The average Bonchev–Trinajstić information content (AvgIpc) is 2.60. The molecule has 1 unspecified atom stereocenters. The third kappa shape index (κ3) is 3.32. The first kappa shape index (κ1) is 13.5. The van der Waals surface area contributed by atoms with Gasteiger partial charge in [-0.3, -0.25) is 4.90 Å². The van der Waals surface area contributed by atoms with Crippen molar-refractivity contribution in [2.75, 3.05) is 33.2 Å². The molecule has 96 valence electrons. The van der Waals surface area contributed by atoms with Gasteiger partial charge in [0.2, 0.25) is 0 Å². The Bertz CT molecular complexity index is 363. The van der Waals surface area contributed by atoms with Crippen molar-refractivity contribution in [3.63, 3.8) is 0 Å². The summed E-state index contributed by atoms with van der Waals surface area (Å²) < 4.78 is 7.33. The van der Waals surface area contributed by atoms with Gasteiger partial charge in [-0.05, 0) is 45.0 Å². The van der Waals surface area contributed by atoms with Gasteiger partial charge in [0.05, 0.1) is 11.0 Å². The van der Waals surface area contributed by atoms with Gasteiger partial charge in [-0.1, -0.05) is 0 Å². The van der Waals surface area contributed by atoms with E-state index in [2.05, 4.69) is 48.7 Å². The molecule has 17 heavy (non-hydrogen) atoms. The Hall–Kier alpha value is 0.120. The van der Waals surface area contributed by atoms with E-state index in [1.807, 2.05) is 6.07 Å². The number of likely N-dealkylation sites (N-methyl/N-ethyl adjacent to an activating group) is 1. The molecule has 6 heteroatoms. The van der Waals surface area contributed by atoms with Crippen LogP contribution in [0.5, 0.6) is 0 Å². The largest absolute Gasteiger partial charge is 0.452 e. The van der Waals surface area contributed by atoms with Gasteiger partial charge in [0.15, 0.2) is 4.67 Å². The van der Waals surface area contributed by atoms with Crippen LogP contribution in [0.2, 0.25) is 0 Å². The Morgan fingerprint density at radius 1 is 1.47 bits per heavy atom. The molecule has 0 amide bonds. The molecule has 2 rings (SSSR count). The number of piperazine rings is 1. The van der Waals surface area contributed by atoms with Gasteiger partial charge in [-0.2, -0.15) is 0 Å². The lowest BCUT2D eigenvalue weighted by Crippen LogP contribution is -2.54. The van der Waals surface area contributed by atoms with E-state index in [9.17, 15) is 0 Å². The fourth-order valence-corrected chi connectivity index (χ4v) is 2.81. The van der Waals surface area contributed by atoms with E-state index in [-0.39, 0.29) is 0 Å². The summed E-state index contributed by atoms with van der Waals surface area (Å²) in [6.07, 6.45) is 0. The fourth-order valence-electron chi connectivity index (χ4n) is 2.15. The van der Waals surface area contributed by atoms with Gasteiger partial charge in [0.25, 0.3) is 0 Å². The Balaban J connectivity index is 2.02. The minimum absolute atomic E-state index is 0.413. The van der Waals surface area contributed by atoms with E-state index in [1.54, 1.807) is 0 Å². The predicted molar refractivity (Wildman–Crippen MR) is 74.9 cm³/mol. The highest BCUT2D eigenvalue weighted by Crippen LogP contribution is 2.28. The number of rotatable bonds is 3. The molecule has 0 aromatic carbocycles. The van der Waals surface area contributed by atoms with Crippen LogP contribution < -0.4 is 5.73 Å². The summed E-state index contributed by atoms with van der Waals surface area (Å²) in [6.45, 7) is 4.65. The van der Waals surface area contributed by atoms with Crippen LogP contribution in [0.25, 0.3) is 0 Å². The maximum absolute atomic E-state index is 5.83. The van der Waals surface area contributed by atoms with Crippen molar-refractivity contribution in [2.45, 2.75) is 12.6 Å². The summed E-state index contributed by atoms with van der Waals surface area (Å²) in [5.74, 6) is 0.965. The van der Waals surface area contributed by atoms with Gasteiger partial charge >= 0.3 is 0 Å². The maximum Gasteiger partial charge on any atom is 0.183 e. The highest BCUT2D eigenvalue weighted by atomic mass is 79.9. The molecule has 2 heterocycles. The van der Waals surface area contributed by atoms with Crippen molar-refractivity contribution < 1.29 is 4.42 Å². The maximum atomic E-state index is 5.83. The van der Waals surface area contributed by atoms with Crippen LogP contribution in [0.1, 0.15) is 5.76 Å². The van der Waals surface area contributed by atoms with E-state index in [0.29, 0.717) is 12.6 Å². The van der Waals surface area contributed by atoms with Gasteiger partial charge < -0.3 is 15.1 Å². The quantitative estimate of drug-likeness (QED) is 0.887. The number of nitrogens with zero attached hydrogens (tertiary/aromatic N) is 2. The van der Waals surface area contributed by atoms with Gasteiger partial charge in [-0.15, -0.1) is 0 Å². The zero-order valence-electron chi connectivity index (χ0n) is 9.83. The third-order valence-corrected chi connectivity index (χ3v) is 4.85. The second-order valence-electron chi connectivity index (χ2n) is 4.46. The molecular formula is C11H17Br2N3O. The molecule has 1 aromatic rings. The monoisotopic (exact) mass is 365 g/mol. The molecular weight excluding hydrogens is 350 g/mol. The van der Waals surface area contributed by atoms with Crippen LogP contribution in [-0.4, -0.2) is 49.1 Å². The van der Waals surface area contributed by atoms with Crippen molar-refractivity contribution in [1.29, 1.82) is 0 Å². The van der Waals surface area contributed by atoms with Crippen molar-refractivity contribution in [3.05, 3.63) is 21.0 Å². The molecule has 1 aromatic heterocycles. The van der Waals surface area contributed by atoms with Crippen LogP contribution in [0.15, 0.2) is 19.6 Å². The molecule has 1 fully saturated rings. The molecule has 0 spiro atoms. The minimum Gasteiger partial charge on any atom is -0.452 e. The molecule has 0 radical (unpaired) electrons. The Morgan fingerprint density at radius 3 is 2.82 bits per heavy atom. The minimum atomic E-state index is 0.413. The molecule has 0 saturated carbocycles. The number of nitrogens with two attached hydrogens (primary N) is 1. The van der Waals surface area contributed by atoms with E-state index in [0.717, 1.165) is 41.1 Å². The summed E-state index contributed by atoms with van der Waals surface area (Å²) in [5, 5.41) is 0. The van der Waals surface area contributed by atoms with Crippen LogP contribution >= 0.6 is 31.9 Å². The summed E-state index contributed by atoms with van der Waals surface area (Å²) in [5.41, 5.74) is 5.83. The lowest BCUT2D eigenvalue weighted by atomic mass is 10.1. The molecule has 1 aliphatic rings. The number of furan rings is 1. The summed E-state index contributed by atoms with van der Waals surface area (Å²) >= 11 is 6.79. The summed E-state index contributed by atoms with van der Waals surface area (Å²) in [6, 6.07) is 2.42. The number of halogens is 2. The highest BCUT2D eigenvalue weighted by molar-refractivity contribution is 9.13. The summed E-state index contributed by atoms with van der Waals surface area (Å²) in [4.78, 5) is 4.71. The first-order valence-electron chi connectivity index (χ1n) is 5.66. The van der Waals surface area contributed by atoms with Crippen molar-refractivity contribution >= 4 is 31.9 Å². The van der Waals surface area contributed by atoms with E-state index in [4.69, 9.17) is 10.2 Å². The van der Waals surface area contributed by atoms with Crippen LogP contribution in [0.3, 0.4) is 0 Å². The second-order valence-corrected chi connectivity index (χ2v) is 6.03. The number of hydrogen-bond acceptors (Lipinski definition) is 4. The van der Waals surface area contributed by atoms with Gasteiger partial charge in [0, 0.05) is 32.2 Å². The Labute approximate surface area is 118 Å². The van der Waals surface area contributed by atoms with Crippen molar-refractivity contribution in [3.8, 4) is 0 Å². The zero-order valence-corrected chi connectivity index (χ0v) is 13.0. The van der Waals surface area contributed by atoms with Crippen LogP contribution in [0, 0.1) is 0 Å². The smallest absolute Gasteiger partial charge is 0.183 e. The summed E-state index contributed by atoms with van der Waals surface area (Å²) in [7, 11) is 2.14. The zero-order chi connectivity index (χ0) is 12.4. The van der Waals surface area contributed by atoms with Crippen molar-refractivity contribution in [1.82, 2.24) is 9.80 Å². The lowest BCUT2D eigenvalue weighted by molar-refractivity contribution is 0.0817. The van der Waals surface area contributed by atoms with Crippen LogP contribution in [-0.2, 0) is 6.54 Å². The second kappa shape index (κ2) is 5.84. The molecule has 2 N–H and O–H groups in total. The van der Waals surface area contributed by atoms with E-state index in [1.165, 1.54) is 0 Å². The standard InChI is InChI=1S/C11H17Br2N3O/c1-15-2-3-16(8(5-14)6-15)7-9-4-10(12)11(13)17-9/h4,8H,2-3,5-7,14H2,1H3. The van der Waals surface area contributed by atoms with E-state index < -0.39 is 0 Å². The molecule has 1 atom stereocenters. The predicted octanol–water partition coefficient (Wildman–Crippen LogP) is 1.88. The first-order valence-corrected chi connectivity index (χ1v) is 7.25. The van der Waals surface area contributed by atoms with Crippen molar-refractivity contribution in [2.24, 2.45) is 5.73 Å². The van der Waals surface area contributed by atoms with Crippen LogP contribution in [0.4, 0.5) is 0 Å². The molecule has 0 aliphatic carbocycles.